The van der Waals surface area contributed by atoms with Gasteiger partial charge >= 0.3 is 12.1 Å². The summed E-state index contributed by atoms with van der Waals surface area (Å²) in [6, 6.07) is 13.8. The van der Waals surface area contributed by atoms with Crippen molar-refractivity contribution in [1.82, 2.24) is 10.2 Å². The lowest BCUT2D eigenvalue weighted by atomic mass is 9.98. The van der Waals surface area contributed by atoms with E-state index in [1.54, 1.807) is 0 Å². The fourth-order valence-corrected chi connectivity index (χ4v) is 4.96. The molecule has 2 aliphatic rings. The monoisotopic (exact) mass is 482 g/mol. The zero-order valence-electron chi connectivity index (χ0n) is 19.6. The second-order valence-electron chi connectivity index (χ2n) is 8.89. The van der Waals surface area contributed by atoms with E-state index in [1.165, 1.54) is 7.11 Å². The molecule has 0 radical (unpaired) electrons. The Bertz CT molecular complexity index is 1040. The van der Waals surface area contributed by atoms with Crippen LogP contribution in [-0.2, 0) is 19.1 Å². The van der Waals surface area contributed by atoms with E-state index >= 15 is 0 Å². The van der Waals surface area contributed by atoms with Crippen LogP contribution in [0.1, 0.15) is 36.3 Å². The molecular formula is C26H30N2O7. The number of alkyl carbamates (subject to hydrolysis) is 1. The molecule has 0 saturated carbocycles. The molecule has 9 heteroatoms. The van der Waals surface area contributed by atoms with Crippen molar-refractivity contribution >= 4 is 18.0 Å². The zero-order chi connectivity index (χ0) is 24.9. The summed E-state index contributed by atoms with van der Waals surface area (Å²) < 4.78 is 10.6. The Morgan fingerprint density at radius 1 is 1.09 bits per heavy atom. The summed E-state index contributed by atoms with van der Waals surface area (Å²) >= 11 is 0. The van der Waals surface area contributed by atoms with Gasteiger partial charge in [0.25, 0.3) is 0 Å². The van der Waals surface area contributed by atoms with E-state index in [0.717, 1.165) is 27.2 Å². The van der Waals surface area contributed by atoms with Crippen LogP contribution in [0.4, 0.5) is 4.79 Å². The number of carbonyl (C=O) groups excluding carboxylic acids is 2. The number of fused-ring (bicyclic) bond motifs is 3. The van der Waals surface area contributed by atoms with Crippen LogP contribution in [0.25, 0.3) is 11.1 Å². The first-order valence-corrected chi connectivity index (χ1v) is 11.7. The number of hydrogen-bond donors (Lipinski definition) is 3. The van der Waals surface area contributed by atoms with Crippen molar-refractivity contribution < 1.29 is 34.1 Å². The molecule has 1 aliphatic carbocycles. The number of nitrogens with zero attached hydrogens (tertiary/aromatic N) is 1. The molecule has 1 aliphatic heterocycles. The summed E-state index contributed by atoms with van der Waals surface area (Å²) in [5.74, 6) is -1.87. The van der Waals surface area contributed by atoms with Gasteiger partial charge in [-0.05, 0) is 35.1 Å². The molecule has 1 saturated heterocycles. The number of rotatable bonds is 9. The predicted molar refractivity (Wildman–Crippen MR) is 127 cm³/mol. The molecule has 1 fully saturated rings. The summed E-state index contributed by atoms with van der Waals surface area (Å²) in [6.07, 6.45) is -1.000. The molecule has 2 aromatic carbocycles. The van der Waals surface area contributed by atoms with Gasteiger partial charge in [-0.1, -0.05) is 48.5 Å². The van der Waals surface area contributed by atoms with Crippen LogP contribution >= 0.6 is 0 Å². The Labute approximate surface area is 203 Å². The lowest BCUT2D eigenvalue weighted by Gasteiger charge is -2.27. The highest BCUT2D eigenvalue weighted by atomic mass is 16.5. The van der Waals surface area contributed by atoms with Gasteiger partial charge in [0.2, 0.25) is 5.91 Å². The number of nitrogens with one attached hydrogen (secondary N) is 1. The third kappa shape index (κ3) is 5.31. The lowest BCUT2D eigenvalue weighted by Crippen LogP contribution is -2.52. The van der Waals surface area contributed by atoms with E-state index in [4.69, 9.17) is 9.47 Å². The van der Waals surface area contributed by atoms with Crippen LogP contribution < -0.4 is 5.32 Å². The summed E-state index contributed by atoms with van der Waals surface area (Å²) in [5.41, 5.74) is 4.36. The smallest absolute Gasteiger partial charge is 0.407 e. The van der Waals surface area contributed by atoms with Crippen molar-refractivity contribution in [2.24, 2.45) is 0 Å². The van der Waals surface area contributed by atoms with E-state index in [-0.39, 0.29) is 31.9 Å². The molecule has 1 heterocycles. The number of aliphatic hydroxyl groups excluding tert-OH is 1. The number of aliphatic hydroxyl groups is 1. The molecule has 1 unspecified atom stereocenters. The maximum absolute atomic E-state index is 13.2. The van der Waals surface area contributed by atoms with E-state index in [1.807, 2.05) is 48.5 Å². The van der Waals surface area contributed by atoms with Gasteiger partial charge in [0.1, 0.15) is 18.7 Å². The van der Waals surface area contributed by atoms with Gasteiger partial charge in [0.15, 0.2) is 0 Å². The fourth-order valence-electron chi connectivity index (χ4n) is 4.96. The quantitative estimate of drug-likeness (QED) is 0.469. The van der Waals surface area contributed by atoms with E-state index in [0.29, 0.717) is 13.0 Å². The minimum Gasteiger partial charge on any atom is -0.480 e. The molecule has 4 rings (SSSR count). The summed E-state index contributed by atoms with van der Waals surface area (Å²) in [4.78, 5) is 38.6. The number of aliphatic carboxylic acids is 1. The second kappa shape index (κ2) is 10.9. The van der Waals surface area contributed by atoms with Crippen LogP contribution in [0.2, 0.25) is 0 Å². The Morgan fingerprint density at radius 2 is 1.71 bits per heavy atom. The number of methoxy groups -OCH3 is 1. The number of hydrogen-bond acceptors (Lipinski definition) is 6. The summed E-state index contributed by atoms with van der Waals surface area (Å²) in [5, 5.41) is 22.0. The van der Waals surface area contributed by atoms with Crippen LogP contribution in [0.5, 0.6) is 0 Å². The topological polar surface area (TPSA) is 125 Å². The van der Waals surface area contributed by atoms with Gasteiger partial charge in [-0.25, -0.2) is 9.59 Å². The summed E-state index contributed by atoms with van der Waals surface area (Å²) in [7, 11) is 1.53. The SMILES string of the molecule is COCCCC(NC(=O)OCC1c2ccccc2-c2ccccc21)C(=O)N1C[C@H](O)C[C@H]1C(=O)O. The molecular weight excluding hydrogens is 452 g/mol. The first-order chi connectivity index (χ1) is 16.9. The number of benzene rings is 2. The molecule has 0 aromatic heterocycles. The fraction of sp³-hybridized carbons (Fsp3) is 0.423. The van der Waals surface area contributed by atoms with Crippen molar-refractivity contribution in [3.8, 4) is 11.1 Å². The summed E-state index contributed by atoms with van der Waals surface area (Å²) in [6.45, 7) is 0.378. The molecule has 2 aromatic rings. The van der Waals surface area contributed by atoms with Gasteiger partial charge in [-0.15, -0.1) is 0 Å². The Balaban J connectivity index is 1.44. The van der Waals surface area contributed by atoms with E-state index in [9.17, 15) is 24.6 Å². The van der Waals surface area contributed by atoms with Crippen molar-refractivity contribution in [1.29, 1.82) is 0 Å². The highest BCUT2D eigenvalue weighted by Crippen LogP contribution is 2.44. The van der Waals surface area contributed by atoms with Crippen molar-refractivity contribution in [2.45, 2.75) is 43.4 Å². The molecule has 35 heavy (non-hydrogen) atoms. The first kappa shape index (κ1) is 24.7. The highest BCUT2D eigenvalue weighted by Gasteiger charge is 2.41. The molecule has 186 valence electrons. The van der Waals surface area contributed by atoms with Crippen LogP contribution in [0, 0.1) is 0 Å². The number of ether oxygens (including phenoxy) is 2. The molecule has 3 N–H and O–H groups in total. The van der Waals surface area contributed by atoms with Gasteiger partial charge < -0.3 is 29.9 Å². The molecule has 2 amide bonds. The normalized spacial score (nSPS) is 19.7. The van der Waals surface area contributed by atoms with Crippen molar-refractivity contribution in [3.05, 3.63) is 59.7 Å². The van der Waals surface area contributed by atoms with Gasteiger partial charge in [-0.3, -0.25) is 4.79 Å². The number of amides is 2. The second-order valence-corrected chi connectivity index (χ2v) is 8.89. The van der Waals surface area contributed by atoms with Crippen molar-refractivity contribution in [2.75, 3.05) is 26.9 Å². The molecule has 9 nitrogen and oxygen atoms in total. The maximum atomic E-state index is 13.2. The Hall–Kier alpha value is -3.43. The third-order valence-electron chi connectivity index (χ3n) is 6.62. The number of carboxylic acid groups (broad SMARTS) is 1. The van der Waals surface area contributed by atoms with Crippen LogP contribution in [0.3, 0.4) is 0 Å². The van der Waals surface area contributed by atoms with Crippen LogP contribution in [-0.4, -0.2) is 78.1 Å². The number of carbonyl (C=O) groups is 3. The van der Waals surface area contributed by atoms with Gasteiger partial charge in [0.05, 0.1) is 6.10 Å². The maximum Gasteiger partial charge on any atom is 0.407 e. The van der Waals surface area contributed by atoms with Crippen molar-refractivity contribution in [3.63, 3.8) is 0 Å². The molecule has 3 atom stereocenters. The Morgan fingerprint density at radius 3 is 2.31 bits per heavy atom. The lowest BCUT2D eigenvalue weighted by molar-refractivity contribution is -0.149. The minimum absolute atomic E-state index is 0.0448. The molecule has 0 bridgehead atoms. The standard InChI is InChI=1S/C26H30N2O7/c1-34-12-6-11-22(24(30)28-14-16(29)13-23(28)25(31)32)27-26(33)35-15-21-19-9-4-2-7-17(19)18-8-3-5-10-20(18)21/h2-5,7-10,16,21-23,29H,6,11-15H2,1H3,(H,27,33)(H,31,32)/t16-,22?,23+/m1/s1. The van der Waals surface area contributed by atoms with Gasteiger partial charge in [0, 0.05) is 32.6 Å². The third-order valence-corrected chi connectivity index (χ3v) is 6.62. The minimum atomic E-state index is -1.19. The number of β-amino-alcohol motifs (C(OH)–C–C–N with tert-alkyl or cyclic N) is 1. The van der Waals surface area contributed by atoms with Crippen LogP contribution in [0.15, 0.2) is 48.5 Å². The predicted octanol–water partition coefficient (Wildman–Crippen LogP) is 2.37. The molecule has 0 spiro atoms. The van der Waals surface area contributed by atoms with E-state index in [2.05, 4.69) is 5.32 Å². The van der Waals surface area contributed by atoms with E-state index < -0.39 is 36.2 Å². The number of likely N-dealkylation sites (tertiary alicyclic amines) is 1. The average Bonchev–Trinajstić information content (AvgIpc) is 3.40. The largest absolute Gasteiger partial charge is 0.480 e. The highest BCUT2D eigenvalue weighted by molar-refractivity contribution is 5.90. The van der Waals surface area contributed by atoms with Gasteiger partial charge in [-0.2, -0.15) is 0 Å². The zero-order valence-corrected chi connectivity index (χ0v) is 19.6. The number of carboxylic acids is 1. The Kier molecular flexibility index (Phi) is 7.67. The first-order valence-electron chi connectivity index (χ1n) is 11.7. The average molecular weight is 483 g/mol.